The molecule has 4 saturated heterocycles. The van der Waals surface area contributed by atoms with Crippen molar-refractivity contribution in [1.82, 2.24) is 19.8 Å². The molecular weight excluding hydrogens is 703 g/mol. The lowest BCUT2D eigenvalue weighted by molar-refractivity contribution is -0.133. The van der Waals surface area contributed by atoms with Gasteiger partial charge >= 0.3 is 6.01 Å². The molecule has 4 atom stereocenters. The molecule has 9 rings (SSSR count). The highest BCUT2D eigenvalue weighted by Gasteiger charge is 2.50. The summed E-state index contributed by atoms with van der Waals surface area (Å²) in [6.07, 6.45) is 4.33. The number of nitriles is 1. The van der Waals surface area contributed by atoms with E-state index in [1.165, 1.54) is 12.1 Å². The fourth-order valence-corrected chi connectivity index (χ4v) is 10.9. The van der Waals surface area contributed by atoms with Gasteiger partial charge < -0.3 is 25.0 Å². The molecule has 5 aliphatic rings. The largest absolute Gasteiger partial charge is 0.489 e. The van der Waals surface area contributed by atoms with Crippen molar-refractivity contribution in [2.24, 2.45) is 0 Å². The Hall–Kier alpha value is -4.06. The van der Waals surface area contributed by atoms with Gasteiger partial charge in [-0.25, -0.2) is 13.2 Å². The zero-order chi connectivity index (χ0) is 35.3. The Morgan fingerprint density at radius 2 is 1.98 bits per heavy atom. The summed E-state index contributed by atoms with van der Waals surface area (Å²) in [6.45, 7) is 3.48. The Balaban J connectivity index is 1.23. The summed E-state index contributed by atoms with van der Waals surface area (Å²) in [6, 6.07) is 4.71. The first-order valence-corrected chi connectivity index (χ1v) is 18.6. The van der Waals surface area contributed by atoms with Crippen molar-refractivity contribution in [3.63, 3.8) is 0 Å². The fraction of sp³-hybridized carbons (Fsp3) is 0.500. The molecule has 4 aromatic rings. The zero-order valence-corrected chi connectivity index (χ0v) is 29.4. The Kier molecular flexibility index (Phi) is 7.72. The van der Waals surface area contributed by atoms with Gasteiger partial charge in [0.15, 0.2) is 11.6 Å². The van der Waals surface area contributed by atoms with Crippen LogP contribution in [-0.4, -0.2) is 88.4 Å². The number of nitrogens with zero attached hydrogens (tertiary/aromatic N) is 6. The van der Waals surface area contributed by atoms with E-state index in [0.29, 0.717) is 38.2 Å². The van der Waals surface area contributed by atoms with Gasteiger partial charge in [-0.15, -0.1) is 11.3 Å². The van der Waals surface area contributed by atoms with Crippen molar-refractivity contribution in [3.05, 3.63) is 34.4 Å². The highest BCUT2D eigenvalue weighted by molar-refractivity contribution is 7.23. The summed E-state index contributed by atoms with van der Waals surface area (Å²) in [4.78, 5) is 28.3. The molecule has 2 bridgehead atoms. The summed E-state index contributed by atoms with van der Waals surface area (Å²) in [5.41, 5.74) is 5.63. The van der Waals surface area contributed by atoms with Crippen molar-refractivity contribution in [2.45, 2.75) is 81.7 Å². The second-order valence-electron chi connectivity index (χ2n) is 14.5. The molecule has 1 amide bonds. The van der Waals surface area contributed by atoms with Crippen molar-refractivity contribution >= 4 is 60.7 Å². The second-order valence-corrected chi connectivity index (χ2v) is 15.9. The number of halogens is 4. The summed E-state index contributed by atoms with van der Waals surface area (Å²) < 4.78 is 59.8. The van der Waals surface area contributed by atoms with Gasteiger partial charge in [0.05, 0.1) is 32.8 Å². The molecule has 51 heavy (non-hydrogen) atoms. The van der Waals surface area contributed by atoms with Crippen LogP contribution in [0.3, 0.4) is 0 Å². The molecule has 15 heteroatoms. The van der Waals surface area contributed by atoms with Gasteiger partial charge in [-0.05, 0) is 56.7 Å². The zero-order valence-electron chi connectivity index (χ0n) is 27.9. The molecule has 0 spiro atoms. The average Bonchev–Trinajstić information content (AvgIpc) is 3.77. The van der Waals surface area contributed by atoms with Crippen LogP contribution in [0.4, 0.5) is 24.0 Å². The predicted molar refractivity (Wildman–Crippen MR) is 188 cm³/mol. The smallest absolute Gasteiger partial charge is 0.319 e. The van der Waals surface area contributed by atoms with E-state index in [2.05, 4.69) is 14.8 Å². The molecule has 2 N–H and O–H groups in total. The van der Waals surface area contributed by atoms with Crippen LogP contribution < -0.4 is 20.1 Å². The van der Waals surface area contributed by atoms with E-state index in [-0.39, 0.29) is 96.7 Å². The number of piperidine rings is 1. The third-order valence-corrected chi connectivity index (χ3v) is 13.1. The van der Waals surface area contributed by atoms with Crippen molar-refractivity contribution in [3.8, 4) is 29.0 Å². The van der Waals surface area contributed by atoms with Gasteiger partial charge in [0.2, 0.25) is 5.91 Å². The first-order valence-electron chi connectivity index (χ1n) is 17.4. The van der Waals surface area contributed by atoms with Gasteiger partial charge in [-0.1, -0.05) is 17.7 Å². The normalized spacial score (nSPS) is 27.1. The van der Waals surface area contributed by atoms with Gasteiger partial charge in [0.1, 0.15) is 47.6 Å². The van der Waals surface area contributed by atoms with Crippen LogP contribution in [-0.2, 0) is 4.79 Å². The summed E-state index contributed by atoms with van der Waals surface area (Å²) in [5.74, 6) is -0.755. The molecule has 10 nitrogen and oxygen atoms in total. The Morgan fingerprint density at radius 1 is 1.20 bits per heavy atom. The van der Waals surface area contributed by atoms with Crippen molar-refractivity contribution in [2.75, 3.05) is 43.5 Å². The minimum atomic E-state index is -0.957. The number of amides is 1. The van der Waals surface area contributed by atoms with Crippen LogP contribution in [0.1, 0.15) is 57.4 Å². The van der Waals surface area contributed by atoms with E-state index in [0.717, 1.165) is 43.6 Å². The third-order valence-electron chi connectivity index (χ3n) is 11.7. The third kappa shape index (κ3) is 4.94. The molecule has 266 valence electrons. The summed E-state index contributed by atoms with van der Waals surface area (Å²) in [5, 5.41) is 10.5. The maximum atomic E-state index is 17.4. The maximum absolute atomic E-state index is 17.4. The van der Waals surface area contributed by atoms with Gasteiger partial charge in [0, 0.05) is 49.0 Å². The maximum Gasteiger partial charge on any atom is 0.319 e. The Bertz CT molecular complexity index is 2170. The molecule has 2 aromatic heterocycles. The number of carbonyl (C=O) groups excluding carboxylic acids is 1. The molecule has 3 unspecified atom stereocenters. The van der Waals surface area contributed by atoms with Gasteiger partial charge in [0.25, 0.3) is 0 Å². The topological polar surface area (TPSA) is 121 Å². The van der Waals surface area contributed by atoms with Gasteiger partial charge in [-0.2, -0.15) is 15.2 Å². The first kappa shape index (κ1) is 32.8. The first-order chi connectivity index (χ1) is 24.6. The molecule has 0 radical (unpaired) electrons. The highest BCUT2D eigenvalue weighted by atomic mass is 35.5. The number of fused-ring (bicyclic) bond motifs is 4. The Labute approximate surface area is 300 Å². The predicted octanol–water partition coefficient (Wildman–Crippen LogP) is 6.59. The lowest BCUT2D eigenvalue weighted by atomic mass is 9.94. The monoisotopic (exact) mass is 737 g/mol. The van der Waals surface area contributed by atoms with Crippen molar-refractivity contribution in [1.29, 1.82) is 5.26 Å². The van der Waals surface area contributed by atoms with Crippen LogP contribution in [0.2, 0.25) is 5.02 Å². The lowest BCUT2D eigenvalue weighted by Crippen LogP contribution is -2.52. The highest BCUT2D eigenvalue weighted by Crippen LogP contribution is 2.52. The number of anilines is 2. The van der Waals surface area contributed by atoms with Crippen LogP contribution in [0.25, 0.3) is 32.1 Å². The SMILES string of the molecule is CC(=O)N1C2CCC1CC(N1CCOc3c(Cl)c(-c4ccc(F)c5sc(N)c(C#N)c45)c(F)c4nc(OCC56CCCN5C[C@H](F)C6)nc1c34)C2. The van der Waals surface area contributed by atoms with E-state index in [4.69, 9.17) is 31.8 Å². The second kappa shape index (κ2) is 12.0. The number of carbonyl (C=O) groups is 1. The summed E-state index contributed by atoms with van der Waals surface area (Å²) in [7, 11) is 0. The number of nitrogen functional groups attached to an aromatic ring is 1. The number of alkyl halides is 1. The number of hydrogen-bond donors (Lipinski definition) is 1. The van der Waals surface area contributed by atoms with Crippen LogP contribution in [0, 0.1) is 23.0 Å². The van der Waals surface area contributed by atoms with Crippen LogP contribution in [0.15, 0.2) is 12.1 Å². The minimum Gasteiger partial charge on any atom is -0.489 e. The van der Waals surface area contributed by atoms with Crippen LogP contribution in [0.5, 0.6) is 11.8 Å². The minimum absolute atomic E-state index is 0.0278. The fourth-order valence-electron chi connectivity index (χ4n) is 9.66. The van der Waals surface area contributed by atoms with Crippen LogP contribution >= 0.6 is 22.9 Å². The lowest BCUT2D eigenvalue weighted by Gasteiger charge is -2.43. The summed E-state index contributed by atoms with van der Waals surface area (Å²) >= 11 is 8.00. The van der Waals surface area contributed by atoms with E-state index >= 15 is 8.78 Å². The standard InChI is InChI=1S/C36H35ClF3N7O3S/c1-17(48)47-19-3-4-20(47)12-21(11-19)46-9-10-49-31-27-30(43-35(44-34(27)46)50-16-36-7-2-8-45(36)15-18(38)13-36)29(40)26(28(31)37)22-5-6-24(39)32-25(22)23(14-41)33(42)51-32/h5-6,18-21H,2-4,7-13,15-16,42H2,1H3/t18-,19?,20?,21?,36?/m1/s1. The van der Waals surface area contributed by atoms with Crippen molar-refractivity contribution < 1.29 is 27.4 Å². The Morgan fingerprint density at radius 3 is 2.73 bits per heavy atom. The number of ether oxygens (including phenoxy) is 2. The number of aromatic nitrogens is 2. The molecule has 4 fully saturated rings. The molecule has 2 aromatic carbocycles. The molecule has 5 aliphatic heterocycles. The van der Waals surface area contributed by atoms with E-state index in [1.54, 1.807) is 6.92 Å². The van der Waals surface area contributed by atoms with E-state index in [9.17, 15) is 14.4 Å². The van der Waals surface area contributed by atoms with E-state index < -0.39 is 23.3 Å². The number of hydrogen-bond acceptors (Lipinski definition) is 10. The molecule has 0 saturated carbocycles. The molecular formula is C36H35ClF3N7O3S. The molecule has 7 heterocycles. The quantitative estimate of drug-likeness (QED) is 0.242. The van der Waals surface area contributed by atoms with Gasteiger partial charge in [-0.3, -0.25) is 9.69 Å². The number of benzene rings is 2. The molecule has 0 aliphatic carbocycles. The number of nitrogens with two attached hydrogens (primary N) is 1. The number of thiophene rings is 1. The van der Waals surface area contributed by atoms with E-state index in [1.807, 2.05) is 11.0 Å². The number of rotatable bonds is 5. The average molecular weight is 738 g/mol.